The van der Waals surface area contributed by atoms with Gasteiger partial charge in [-0.15, -0.1) is 5.10 Å². The van der Waals surface area contributed by atoms with Crippen molar-refractivity contribution < 1.29 is 14.3 Å². The maximum absolute atomic E-state index is 13.5. The van der Waals surface area contributed by atoms with Crippen molar-refractivity contribution in [2.45, 2.75) is 51.4 Å². The van der Waals surface area contributed by atoms with Crippen LogP contribution in [0.5, 0.6) is 0 Å². The highest BCUT2D eigenvalue weighted by Crippen LogP contribution is 2.27. The zero-order valence-corrected chi connectivity index (χ0v) is 22.4. The summed E-state index contributed by atoms with van der Waals surface area (Å²) < 4.78 is 6.80. The number of benzene rings is 1. The van der Waals surface area contributed by atoms with Crippen molar-refractivity contribution in [1.82, 2.24) is 29.9 Å². The number of halogens is 1. The molecule has 0 aliphatic carbocycles. The van der Waals surface area contributed by atoms with E-state index in [0.29, 0.717) is 54.2 Å². The van der Waals surface area contributed by atoms with Crippen molar-refractivity contribution in [3.63, 3.8) is 0 Å². The Balaban J connectivity index is 1.61. The predicted octanol–water partition coefficient (Wildman–Crippen LogP) is 4.34. The van der Waals surface area contributed by atoms with E-state index in [0.717, 1.165) is 22.6 Å². The van der Waals surface area contributed by atoms with Gasteiger partial charge < -0.3 is 9.64 Å². The van der Waals surface area contributed by atoms with Crippen LogP contribution in [0.25, 0.3) is 5.69 Å². The molecular formula is C25H29ClN6O3S. The monoisotopic (exact) mass is 528 g/mol. The normalized spacial score (nSPS) is 14.2. The van der Waals surface area contributed by atoms with Crippen molar-refractivity contribution in [1.29, 1.82) is 0 Å². The van der Waals surface area contributed by atoms with E-state index in [-0.39, 0.29) is 23.5 Å². The minimum atomic E-state index is -0.210. The van der Waals surface area contributed by atoms with Gasteiger partial charge in [0.05, 0.1) is 23.9 Å². The van der Waals surface area contributed by atoms with Crippen LogP contribution in [0.2, 0.25) is 5.02 Å². The van der Waals surface area contributed by atoms with Gasteiger partial charge in [-0.1, -0.05) is 34.6 Å². The molecule has 1 aromatic carbocycles. The lowest BCUT2D eigenvalue weighted by atomic mass is 9.97. The fraction of sp³-hybridized carbons (Fsp3) is 0.440. The van der Waals surface area contributed by atoms with Gasteiger partial charge in [0.25, 0.3) is 5.91 Å². The second-order valence-electron chi connectivity index (χ2n) is 8.77. The molecule has 36 heavy (non-hydrogen) atoms. The molecule has 1 aliphatic heterocycles. The molecule has 0 atom stereocenters. The number of carbonyl (C=O) groups excluding carboxylic acids is 2. The molecule has 4 rings (SSSR count). The summed E-state index contributed by atoms with van der Waals surface area (Å²) >= 11 is 7.80. The number of nitrogens with zero attached hydrogens (tertiary/aromatic N) is 6. The second-order valence-corrected chi connectivity index (χ2v) is 10.1. The van der Waals surface area contributed by atoms with Crippen molar-refractivity contribution in [3.8, 4) is 5.69 Å². The van der Waals surface area contributed by atoms with E-state index in [9.17, 15) is 9.59 Å². The number of aromatic nitrogens is 5. The molecule has 2 aromatic heterocycles. The smallest absolute Gasteiger partial charge is 0.309 e. The molecule has 0 bridgehead atoms. The summed E-state index contributed by atoms with van der Waals surface area (Å²) in [5.41, 5.74) is 4.33. The van der Waals surface area contributed by atoms with Crippen molar-refractivity contribution >= 4 is 35.2 Å². The average Bonchev–Trinajstić information content (AvgIpc) is 3.27. The lowest BCUT2D eigenvalue weighted by Crippen LogP contribution is -2.41. The summed E-state index contributed by atoms with van der Waals surface area (Å²) in [6, 6.07) is 7.53. The van der Waals surface area contributed by atoms with Gasteiger partial charge in [-0.2, -0.15) is 0 Å². The van der Waals surface area contributed by atoms with Crippen molar-refractivity contribution in [2.75, 3.05) is 19.7 Å². The highest BCUT2D eigenvalue weighted by atomic mass is 35.5. The van der Waals surface area contributed by atoms with Gasteiger partial charge in [-0.05, 0) is 64.3 Å². The van der Waals surface area contributed by atoms with Crippen LogP contribution >= 0.6 is 23.4 Å². The summed E-state index contributed by atoms with van der Waals surface area (Å²) in [5.74, 6) is -0.200. The Hall–Kier alpha value is -2.98. The molecule has 3 aromatic rings. The number of esters is 1. The third-order valence-electron chi connectivity index (χ3n) is 6.07. The van der Waals surface area contributed by atoms with Gasteiger partial charge in [0.15, 0.2) is 10.9 Å². The molecule has 1 amide bonds. The summed E-state index contributed by atoms with van der Waals surface area (Å²) in [6.07, 6.45) is 1.12. The SMILES string of the molecule is CCOC(=O)C1CCN(C(=O)c2nnn(-c3ccc(C)c(Cl)c3)c2CSc2nc(C)cc(C)n2)CC1. The van der Waals surface area contributed by atoms with E-state index in [4.69, 9.17) is 16.3 Å². The Bertz CT molecular complexity index is 1250. The third-order valence-corrected chi connectivity index (χ3v) is 7.33. The van der Waals surface area contributed by atoms with E-state index < -0.39 is 0 Å². The van der Waals surface area contributed by atoms with Crippen LogP contribution in [0.15, 0.2) is 29.4 Å². The first-order valence-corrected chi connectivity index (χ1v) is 13.2. The Morgan fingerprint density at radius 3 is 2.44 bits per heavy atom. The van der Waals surface area contributed by atoms with Gasteiger partial charge in [0.1, 0.15) is 0 Å². The van der Waals surface area contributed by atoms with E-state index in [1.165, 1.54) is 11.8 Å². The van der Waals surface area contributed by atoms with E-state index >= 15 is 0 Å². The maximum atomic E-state index is 13.5. The molecule has 190 valence electrons. The van der Waals surface area contributed by atoms with Crippen LogP contribution < -0.4 is 0 Å². The van der Waals surface area contributed by atoms with Crippen molar-refractivity contribution in [2.24, 2.45) is 5.92 Å². The molecule has 1 fully saturated rings. The van der Waals surface area contributed by atoms with Gasteiger partial charge >= 0.3 is 5.97 Å². The number of hydrogen-bond acceptors (Lipinski definition) is 8. The summed E-state index contributed by atoms with van der Waals surface area (Å²) in [6.45, 7) is 8.84. The zero-order chi connectivity index (χ0) is 25.8. The first kappa shape index (κ1) is 26.1. The first-order chi connectivity index (χ1) is 17.3. The highest BCUT2D eigenvalue weighted by Gasteiger charge is 2.31. The largest absolute Gasteiger partial charge is 0.466 e. The van der Waals surface area contributed by atoms with Crippen LogP contribution in [0.4, 0.5) is 0 Å². The molecule has 3 heterocycles. The number of thioether (sulfide) groups is 1. The fourth-order valence-electron chi connectivity index (χ4n) is 4.14. The van der Waals surface area contributed by atoms with E-state index in [1.54, 1.807) is 16.5 Å². The summed E-state index contributed by atoms with van der Waals surface area (Å²) in [7, 11) is 0. The average molecular weight is 529 g/mol. The third kappa shape index (κ3) is 5.87. The number of carbonyl (C=O) groups is 2. The van der Waals surface area contributed by atoms with Crippen LogP contribution in [0.3, 0.4) is 0 Å². The minimum Gasteiger partial charge on any atom is -0.466 e. The Kier molecular flexibility index (Phi) is 8.25. The minimum absolute atomic E-state index is 0.184. The molecule has 9 nitrogen and oxygen atoms in total. The Morgan fingerprint density at radius 1 is 1.11 bits per heavy atom. The number of piperidine rings is 1. The topological polar surface area (TPSA) is 103 Å². The predicted molar refractivity (Wildman–Crippen MR) is 137 cm³/mol. The summed E-state index contributed by atoms with van der Waals surface area (Å²) in [4.78, 5) is 36.4. The van der Waals surface area contributed by atoms with Gasteiger partial charge in [0, 0.05) is 35.3 Å². The van der Waals surface area contributed by atoms with Gasteiger partial charge in [-0.3, -0.25) is 9.59 Å². The fourth-order valence-corrected chi connectivity index (χ4v) is 5.25. The maximum Gasteiger partial charge on any atom is 0.309 e. The molecule has 0 N–H and O–H groups in total. The molecule has 0 saturated carbocycles. The number of ether oxygens (including phenoxy) is 1. The number of aryl methyl sites for hydroxylation is 3. The molecule has 11 heteroatoms. The Labute approximate surface area is 219 Å². The van der Waals surface area contributed by atoms with Crippen LogP contribution in [0, 0.1) is 26.7 Å². The molecule has 0 spiro atoms. The first-order valence-electron chi connectivity index (χ1n) is 11.9. The molecule has 0 radical (unpaired) electrons. The lowest BCUT2D eigenvalue weighted by molar-refractivity contribution is -0.149. The number of amides is 1. The van der Waals surface area contributed by atoms with E-state index in [1.807, 2.05) is 45.0 Å². The molecule has 0 unspecified atom stereocenters. The Morgan fingerprint density at radius 2 is 1.81 bits per heavy atom. The molecule has 1 saturated heterocycles. The van der Waals surface area contributed by atoms with Gasteiger partial charge in [0.2, 0.25) is 0 Å². The van der Waals surface area contributed by atoms with E-state index in [2.05, 4.69) is 20.3 Å². The highest BCUT2D eigenvalue weighted by molar-refractivity contribution is 7.98. The second kappa shape index (κ2) is 11.4. The molecular weight excluding hydrogens is 500 g/mol. The lowest BCUT2D eigenvalue weighted by Gasteiger charge is -2.30. The van der Waals surface area contributed by atoms with Gasteiger partial charge in [-0.25, -0.2) is 14.6 Å². The number of hydrogen-bond donors (Lipinski definition) is 0. The summed E-state index contributed by atoms with van der Waals surface area (Å²) in [5, 5.41) is 9.83. The van der Waals surface area contributed by atoms with Crippen molar-refractivity contribution in [3.05, 3.63) is 57.6 Å². The number of rotatable bonds is 7. The van der Waals surface area contributed by atoms with Crippen LogP contribution in [0.1, 0.15) is 52.9 Å². The zero-order valence-electron chi connectivity index (χ0n) is 20.8. The quantitative estimate of drug-likeness (QED) is 0.253. The molecule has 1 aliphatic rings. The van der Waals surface area contributed by atoms with Crippen LogP contribution in [-0.2, 0) is 15.3 Å². The van der Waals surface area contributed by atoms with Crippen LogP contribution in [-0.4, -0.2) is 61.4 Å². The standard InChI is InChI=1S/C25H29ClN6O3S/c1-5-35-24(34)18-8-10-31(11-9-18)23(33)22-21(14-36-25-27-16(3)12-17(4)28-25)32(30-29-22)19-7-6-15(2)20(26)13-19/h6-7,12-13,18H,5,8-11,14H2,1-4H3. The number of likely N-dealkylation sites (tertiary alicyclic amines) is 1.